The second-order valence-electron chi connectivity index (χ2n) is 5.65. The largest absolute Gasteiger partial charge is 0.497 e. The van der Waals surface area contributed by atoms with Gasteiger partial charge < -0.3 is 14.5 Å². The summed E-state index contributed by atoms with van der Waals surface area (Å²) < 4.78 is 9.99. The molecule has 1 heterocycles. The lowest BCUT2D eigenvalue weighted by atomic mass is 10.1. The Kier molecular flexibility index (Phi) is 5.71. The minimum atomic E-state index is -0.581. The van der Waals surface area contributed by atoms with Gasteiger partial charge in [0.1, 0.15) is 5.75 Å². The van der Waals surface area contributed by atoms with Crippen LogP contribution in [-0.4, -0.2) is 24.8 Å². The van der Waals surface area contributed by atoms with Crippen LogP contribution in [0.15, 0.2) is 71.3 Å². The molecule has 142 valence electrons. The van der Waals surface area contributed by atoms with Gasteiger partial charge in [0.15, 0.2) is 5.76 Å². The number of hydrazine groups is 1. The molecule has 0 aliphatic rings. The third-order valence-corrected chi connectivity index (χ3v) is 3.77. The quantitative estimate of drug-likeness (QED) is 0.591. The van der Waals surface area contributed by atoms with E-state index in [1.165, 1.54) is 18.4 Å². The van der Waals surface area contributed by atoms with Crippen LogP contribution in [0.4, 0.5) is 5.69 Å². The second kappa shape index (κ2) is 8.54. The van der Waals surface area contributed by atoms with Crippen molar-refractivity contribution in [3.63, 3.8) is 0 Å². The lowest BCUT2D eigenvalue weighted by molar-refractivity contribution is 0.0831. The highest BCUT2D eigenvalue weighted by molar-refractivity contribution is 6.05. The molecule has 3 amide bonds. The summed E-state index contributed by atoms with van der Waals surface area (Å²) in [6.07, 6.45) is 1.35. The van der Waals surface area contributed by atoms with Crippen LogP contribution in [0.3, 0.4) is 0 Å². The molecule has 0 fully saturated rings. The van der Waals surface area contributed by atoms with Crippen molar-refractivity contribution in [3.05, 3.63) is 83.8 Å². The summed E-state index contributed by atoms with van der Waals surface area (Å²) >= 11 is 0. The summed E-state index contributed by atoms with van der Waals surface area (Å²) in [4.78, 5) is 36.3. The molecule has 3 aromatic rings. The number of hydrogen-bond acceptors (Lipinski definition) is 5. The minimum Gasteiger partial charge on any atom is -0.497 e. The Morgan fingerprint density at radius 3 is 2.25 bits per heavy atom. The van der Waals surface area contributed by atoms with Crippen molar-refractivity contribution < 1.29 is 23.5 Å². The molecule has 0 saturated carbocycles. The highest BCUT2D eigenvalue weighted by Crippen LogP contribution is 2.15. The molecule has 28 heavy (non-hydrogen) atoms. The molecule has 0 saturated heterocycles. The normalized spacial score (nSPS) is 10.0. The number of anilines is 1. The lowest BCUT2D eigenvalue weighted by Crippen LogP contribution is -2.41. The van der Waals surface area contributed by atoms with Crippen LogP contribution < -0.4 is 20.9 Å². The van der Waals surface area contributed by atoms with Gasteiger partial charge in [0.2, 0.25) is 0 Å². The van der Waals surface area contributed by atoms with Gasteiger partial charge in [-0.15, -0.1) is 0 Å². The van der Waals surface area contributed by atoms with Crippen molar-refractivity contribution in [2.24, 2.45) is 0 Å². The number of methoxy groups -OCH3 is 1. The first-order chi connectivity index (χ1) is 13.6. The summed E-state index contributed by atoms with van der Waals surface area (Å²) in [5.74, 6) is -0.735. The van der Waals surface area contributed by atoms with Gasteiger partial charge in [-0.1, -0.05) is 6.07 Å². The van der Waals surface area contributed by atoms with Crippen LogP contribution in [0.1, 0.15) is 31.3 Å². The fourth-order valence-electron chi connectivity index (χ4n) is 2.34. The molecule has 0 atom stereocenters. The molecule has 3 rings (SSSR count). The van der Waals surface area contributed by atoms with E-state index in [0.717, 1.165) is 0 Å². The highest BCUT2D eigenvalue weighted by atomic mass is 16.5. The number of furan rings is 1. The maximum Gasteiger partial charge on any atom is 0.305 e. The SMILES string of the molecule is COc1ccc(C(=O)Nc2cccc(C(=O)NNC(=O)c3ccco3)c2)cc1. The summed E-state index contributed by atoms with van der Waals surface area (Å²) in [6, 6.07) is 16.0. The first kappa shape index (κ1) is 18.7. The Bertz CT molecular complexity index is 981. The molecule has 1 aromatic heterocycles. The summed E-state index contributed by atoms with van der Waals surface area (Å²) in [5, 5.41) is 2.72. The Hall–Kier alpha value is -4.07. The topological polar surface area (TPSA) is 110 Å². The number of rotatable bonds is 5. The van der Waals surface area contributed by atoms with E-state index >= 15 is 0 Å². The van der Waals surface area contributed by atoms with Gasteiger partial charge in [-0.25, -0.2) is 0 Å². The van der Waals surface area contributed by atoms with E-state index in [9.17, 15) is 14.4 Å². The van der Waals surface area contributed by atoms with Crippen LogP contribution in [0.5, 0.6) is 5.75 Å². The summed E-state index contributed by atoms with van der Waals surface area (Å²) in [7, 11) is 1.54. The van der Waals surface area contributed by atoms with Crippen LogP contribution >= 0.6 is 0 Å². The zero-order chi connectivity index (χ0) is 19.9. The van der Waals surface area contributed by atoms with E-state index in [1.54, 1.807) is 55.6 Å². The Balaban J connectivity index is 1.61. The van der Waals surface area contributed by atoms with E-state index in [1.807, 2.05) is 0 Å². The number of hydrogen-bond donors (Lipinski definition) is 3. The standard InChI is InChI=1S/C20H17N3O5/c1-27-16-9-7-13(8-10-16)18(24)21-15-5-2-4-14(12-15)19(25)22-23-20(26)17-6-3-11-28-17/h2-12H,1H3,(H,21,24)(H,22,25)(H,23,26). The molecular weight excluding hydrogens is 362 g/mol. The number of carbonyl (C=O) groups is 3. The molecule has 0 radical (unpaired) electrons. The molecule has 0 aliphatic heterocycles. The van der Waals surface area contributed by atoms with Crippen LogP contribution in [-0.2, 0) is 0 Å². The smallest absolute Gasteiger partial charge is 0.305 e. The third kappa shape index (κ3) is 4.55. The molecule has 8 heteroatoms. The van der Waals surface area contributed by atoms with Crippen molar-refractivity contribution in [2.75, 3.05) is 12.4 Å². The predicted molar refractivity (Wildman–Crippen MR) is 101 cm³/mol. The van der Waals surface area contributed by atoms with Gasteiger partial charge in [0.05, 0.1) is 13.4 Å². The predicted octanol–water partition coefficient (Wildman–Crippen LogP) is 2.62. The highest BCUT2D eigenvalue weighted by Gasteiger charge is 2.12. The van der Waals surface area contributed by atoms with Gasteiger partial charge in [-0.2, -0.15) is 0 Å². The van der Waals surface area contributed by atoms with Crippen LogP contribution in [0, 0.1) is 0 Å². The molecule has 0 unspecified atom stereocenters. The van der Waals surface area contributed by atoms with E-state index in [0.29, 0.717) is 17.0 Å². The van der Waals surface area contributed by atoms with E-state index in [-0.39, 0.29) is 17.2 Å². The van der Waals surface area contributed by atoms with Crippen molar-refractivity contribution in [1.82, 2.24) is 10.9 Å². The molecule has 0 aliphatic carbocycles. The number of carbonyl (C=O) groups excluding carboxylic acids is 3. The second-order valence-corrected chi connectivity index (χ2v) is 5.65. The number of ether oxygens (including phenoxy) is 1. The van der Waals surface area contributed by atoms with Gasteiger partial charge in [-0.3, -0.25) is 25.2 Å². The van der Waals surface area contributed by atoms with Crippen molar-refractivity contribution in [3.8, 4) is 5.75 Å². The van der Waals surface area contributed by atoms with E-state index in [2.05, 4.69) is 16.2 Å². The lowest BCUT2D eigenvalue weighted by Gasteiger charge is -2.09. The molecule has 0 bridgehead atoms. The third-order valence-electron chi connectivity index (χ3n) is 3.77. The number of benzene rings is 2. The zero-order valence-corrected chi connectivity index (χ0v) is 14.9. The Labute approximate surface area is 160 Å². The first-order valence-corrected chi connectivity index (χ1v) is 8.26. The number of amides is 3. The molecule has 2 aromatic carbocycles. The number of nitrogens with one attached hydrogen (secondary N) is 3. The van der Waals surface area contributed by atoms with Crippen LogP contribution in [0.25, 0.3) is 0 Å². The average molecular weight is 379 g/mol. The van der Waals surface area contributed by atoms with Gasteiger partial charge in [0, 0.05) is 16.8 Å². The average Bonchev–Trinajstić information content (AvgIpc) is 3.27. The molecule has 0 spiro atoms. The van der Waals surface area contributed by atoms with Crippen molar-refractivity contribution >= 4 is 23.4 Å². The van der Waals surface area contributed by atoms with Gasteiger partial charge in [0.25, 0.3) is 11.8 Å². The maximum absolute atomic E-state index is 12.3. The monoisotopic (exact) mass is 379 g/mol. The fourth-order valence-corrected chi connectivity index (χ4v) is 2.34. The zero-order valence-electron chi connectivity index (χ0n) is 14.9. The van der Waals surface area contributed by atoms with Crippen LogP contribution in [0.2, 0.25) is 0 Å². The molecule has 8 nitrogen and oxygen atoms in total. The minimum absolute atomic E-state index is 0.0702. The summed E-state index contributed by atoms with van der Waals surface area (Å²) in [5.41, 5.74) is 5.67. The first-order valence-electron chi connectivity index (χ1n) is 8.26. The summed E-state index contributed by atoms with van der Waals surface area (Å²) in [6.45, 7) is 0. The van der Waals surface area contributed by atoms with Crippen molar-refractivity contribution in [2.45, 2.75) is 0 Å². The van der Waals surface area contributed by atoms with E-state index < -0.39 is 11.8 Å². The Morgan fingerprint density at radius 1 is 0.821 bits per heavy atom. The van der Waals surface area contributed by atoms with E-state index in [4.69, 9.17) is 9.15 Å². The molecule has 3 N–H and O–H groups in total. The Morgan fingerprint density at radius 2 is 1.57 bits per heavy atom. The van der Waals surface area contributed by atoms with Crippen molar-refractivity contribution in [1.29, 1.82) is 0 Å². The van der Waals surface area contributed by atoms with Gasteiger partial charge >= 0.3 is 5.91 Å². The fraction of sp³-hybridized carbons (Fsp3) is 0.0500. The maximum atomic E-state index is 12.3. The molecular formula is C20H17N3O5. The van der Waals surface area contributed by atoms with Gasteiger partial charge in [-0.05, 0) is 54.6 Å².